The monoisotopic (exact) mass is 560 g/mol. The van der Waals surface area contributed by atoms with Gasteiger partial charge < -0.3 is 15.1 Å². The van der Waals surface area contributed by atoms with E-state index in [0.29, 0.717) is 24.9 Å². The Morgan fingerprint density at radius 2 is 1.68 bits per heavy atom. The van der Waals surface area contributed by atoms with E-state index < -0.39 is 0 Å². The molecule has 0 radical (unpaired) electrons. The topological polar surface area (TPSA) is 38.8 Å². The van der Waals surface area contributed by atoms with Crippen LogP contribution in [0, 0.1) is 11.8 Å². The first-order valence-corrected chi connectivity index (χ1v) is 14.2. The summed E-state index contributed by atoms with van der Waals surface area (Å²) in [6.45, 7) is 7.58. The molecule has 0 saturated carbocycles. The van der Waals surface area contributed by atoms with E-state index in [0.717, 1.165) is 31.8 Å². The van der Waals surface area contributed by atoms with Crippen molar-refractivity contribution in [3.8, 4) is 0 Å². The van der Waals surface area contributed by atoms with Gasteiger partial charge >= 0.3 is 0 Å². The van der Waals surface area contributed by atoms with Crippen LogP contribution in [0.15, 0.2) is 54.6 Å². The summed E-state index contributed by atoms with van der Waals surface area (Å²) < 4.78 is 0. The minimum Gasteiger partial charge on any atom is -0.372 e. The summed E-state index contributed by atoms with van der Waals surface area (Å²) in [5.41, 5.74) is 3.95. The second kappa shape index (κ2) is 15.1. The standard InChI is InChI=1S/C31H44N4O.2ClH/c1-33(21-26-13-15-29(16-14-26)35-17-6-3-7-18-35)31(36)12-8-11-30-28-19-27(20-32-30)23-34(24-28)22-25-9-4-2-5-10-25;;/h2,4-5,9-10,13-16,27-28,30,32H,3,6-8,11-12,17-24H2,1H3;2*1H/t27?,28?,30-;;/m1../s1. The maximum Gasteiger partial charge on any atom is 0.222 e. The lowest BCUT2D eigenvalue weighted by molar-refractivity contribution is -0.130. The number of hydrogen-bond donors (Lipinski definition) is 1. The molecule has 3 heterocycles. The number of likely N-dealkylation sites (tertiary alicyclic amines) is 1. The molecule has 0 aromatic heterocycles. The highest BCUT2D eigenvalue weighted by Crippen LogP contribution is 2.31. The highest BCUT2D eigenvalue weighted by molar-refractivity contribution is 5.85. The molecule has 2 aromatic rings. The third-order valence-electron chi connectivity index (χ3n) is 8.54. The SMILES string of the molecule is CN(Cc1ccc(N2CCCCC2)cc1)C(=O)CCC[C@H]1NCC2CC1CN(Cc1ccccc1)C2.Cl.Cl. The molecule has 2 bridgehead atoms. The van der Waals surface area contributed by atoms with Crippen molar-refractivity contribution in [2.24, 2.45) is 11.8 Å². The van der Waals surface area contributed by atoms with Crippen molar-refractivity contribution in [2.75, 3.05) is 44.7 Å². The average molecular weight is 562 g/mol. The zero-order valence-electron chi connectivity index (χ0n) is 22.9. The minimum absolute atomic E-state index is 0. The van der Waals surface area contributed by atoms with Crippen molar-refractivity contribution in [1.82, 2.24) is 15.1 Å². The maximum absolute atomic E-state index is 12.9. The van der Waals surface area contributed by atoms with Crippen molar-refractivity contribution in [2.45, 2.75) is 64.1 Å². The molecule has 3 fully saturated rings. The van der Waals surface area contributed by atoms with Gasteiger partial charge in [0.1, 0.15) is 0 Å². The van der Waals surface area contributed by atoms with Crippen LogP contribution in [0.25, 0.3) is 0 Å². The summed E-state index contributed by atoms with van der Waals surface area (Å²) in [6, 6.07) is 20.3. The highest BCUT2D eigenvalue weighted by Gasteiger charge is 2.36. The Bertz CT molecular complexity index is 968. The van der Waals surface area contributed by atoms with E-state index in [-0.39, 0.29) is 30.7 Å². The van der Waals surface area contributed by atoms with Crippen LogP contribution in [-0.2, 0) is 17.9 Å². The van der Waals surface area contributed by atoms with Crippen LogP contribution < -0.4 is 10.2 Å². The Kier molecular flexibility index (Phi) is 12.2. The number of carbonyl (C=O) groups excluding carboxylic acids is 1. The molecule has 3 saturated heterocycles. The second-order valence-electron chi connectivity index (χ2n) is 11.4. The molecule has 1 N–H and O–H groups in total. The predicted octanol–water partition coefficient (Wildman–Crippen LogP) is 5.76. The van der Waals surface area contributed by atoms with Crippen molar-refractivity contribution in [3.05, 3.63) is 65.7 Å². The summed E-state index contributed by atoms with van der Waals surface area (Å²) in [4.78, 5) is 19.9. The molecule has 38 heavy (non-hydrogen) atoms. The number of rotatable bonds is 9. The Morgan fingerprint density at radius 3 is 2.42 bits per heavy atom. The molecule has 3 atom stereocenters. The molecule has 3 aliphatic heterocycles. The number of fused-ring (bicyclic) bond motifs is 2. The summed E-state index contributed by atoms with van der Waals surface area (Å²) >= 11 is 0. The minimum atomic E-state index is 0. The number of hydrogen-bond acceptors (Lipinski definition) is 4. The number of halogens is 2. The lowest BCUT2D eigenvalue weighted by atomic mass is 9.79. The largest absolute Gasteiger partial charge is 0.372 e. The van der Waals surface area contributed by atoms with Crippen molar-refractivity contribution < 1.29 is 4.79 Å². The molecule has 0 spiro atoms. The molecule has 5 nitrogen and oxygen atoms in total. The third kappa shape index (κ3) is 8.35. The van der Waals surface area contributed by atoms with Gasteiger partial charge in [0.15, 0.2) is 0 Å². The van der Waals surface area contributed by atoms with Gasteiger partial charge in [0.25, 0.3) is 0 Å². The third-order valence-corrected chi connectivity index (χ3v) is 8.54. The summed E-state index contributed by atoms with van der Waals surface area (Å²) in [5, 5.41) is 3.83. The molecule has 3 aliphatic rings. The van der Waals surface area contributed by atoms with Crippen LogP contribution in [0.5, 0.6) is 0 Å². The predicted molar refractivity (Wildman–Crippen MR) is 162 cm³/mol. The fourth-order valence-electron chi connectivity index (χ4n) is 6.57. The first kappa shape index (κ1) is 30.7. The number of piperidine rings is 3. The van der Waals surface area contributed by atoms with Crippen LogP contribution in [0.3, 0.4) is 0 Å². The Hall–Kier alpha value is -1.79. The van der Waals surface area contributed by atoms with Crippen molar-refractivity contribution in [1.29, 1.82) is 0 Å². The number of nitrogens with one attached hydrogen (secondary N) is 1. The fraction of sp³-hybridized carbons (Fsp3) is 0.581. The lowest BCUT2D eigenvalue weighted by Gasteiger charge is -2.46. The van der Waals surface area contributed by atoms with E-state index in [1.165, 1.54) is 68.7 Å². The van der Waals surface area contributed by atoms with E-state index in [9.17, 15) is 4.79 Å². The molecule has 7 heteroatoms. The van der Waals surface area contributed by atoms with Gasteiger partial charge in [-0.15, -0.1) is 24.8 Å². The zero-order chi connectivity index (χ0) is 24.7. The van der Waals surface area contributed by atoms with Gasteiger partial charge in [-0.2, -0.15) is 0 Å². The van der Waals surface area contributed by atoms with Crippen LogP contribution in [0.2, 0.25) is 0 Å². The molecular formula is C31H46Cl2N4O. The first-order chi connectivity index (χ1) is 17.6. The number of benzene rings is 2. The summed E-state index contributed by atoms with van der Waals surface area (Å²) in [5.74, 6) is 1.73. The summed E-state index contributed by atoms with van der Waals surface area (Å²) in [7, 11) is 1.95. The van der Waals surface area contributed by atoms with Gasteiger partial charge in [-0.1, -0.05) is 42.5 Å². The Labute approximate surface area is 242 Å². The zero-order valence-corrected chi connectivity index (χ0v) is 24.5. The van der Waals surface area contributed by atoms with Gasteiger partial charge in [-0.05, 0) is 80.2 Å². The van der Waals surface area contributed by atoms with Crippen molar-refractivity contribution >= 4 is 36.4 Å². The van der Waals surface area contributed by atoms with E-state index in [2.05, 4.69) is 69.7 Å². The van der Waals surface area contributed by atoms with Gasteiger partial charge in [0.05, 0.1) is 0 Å². The fourth-order valence-corrected chi connectivity index (χ4v) is 6.57. The van der Waals surface area contributed by atoms with E-state index >= 15 is 0 Å². The van der Waals surface area contributed by atoms with E-state index in [1.54, 1.807) is 0 Å². The number of amides is 1. The van der Waals surface area contributed by atoms with Crippen LogP contribution in [-0.4, -0.2) is 61.5 Å². The highest BCUT2D eigenvalue weighted by atomic mass is 35.5. The quantitative estimate of drug-likeness (QED) is 0.423. The van der Waals surface area contributed by atoms with Crippen LogP contribution >= 0.6 is 24.8 Å². The molecule has 210 valence electrons. The van der Waals surface area contributed by atoms with Gasteiger partial charge in [0, 0.05) is 64.5 Å². The molecule has 1 amide bonds. The van der Waals surface area contributed by atoms with Crippen molar-refractivity contribution in [3.63, 3.8) is 0 Å². The van der Waals surface area contributed by atoms with Gasteiger partial charge in [-0.3, -0.25) is 9.69 Å². The van der Waals surface area contributed by atoms with Crippen LogP contribution in [0.1, 0.15) is 56.1 Å². The number of anilines is 1. The molecule has 2 aromatic carbocycles. The number of nitrogens with zero attached hydrogens (tertiary/aromatic N) is 3. The van der Waals surface area contributed by atoms with Gasteiger partial charge in [-0.25, -0.2) is 0 Å². The maximum atomic E-state index is 12.9. The molecule has 5 rings (SSSR count). The average Bonchev–Trinajstić information content (AvgIpc) is 2.91. The van der Waals surface area contributed by atoms with Crippen LogP contribution in [0.4, 0.5) is 5.69 Å². The first-order valence-electron chi connectivity index (χ1n) is 14.2. The molecule has 2 unspecified atom stereocenters. The van der Waals surface area contributed by atoms with Gasteiger partial charge in [0.2, 0.25) is 5.91 Å². The lowest BCUT2D eigenvalue weighted by Crippen LogP contribution is -2.55. The molecular weight excluding hydrogens is 515 g/mol. The molecule has 0 aliphatic carbocycles. The number of carbonyl (C=O) groups is 1. The Balaban J connectivity index is 0.00000200. The summed E-state index contributed by atoms with van der Waals surface area (Å²) in [6.07, 6.45) is 7.99. The normalized spacial score (nSPS) is 23.2. The smallest absolute Gasteiger partial charge is 0.222 e. The second-order valence-corrected chi connectivity index (χ2v) is 11.4. The Morgan fingerprint density at radius 1 is 0.947 bits per heavy atom. The van der Waals surface area contributed by atoms with E-state index in [4.69, 9.17) is 0 Å². The van der Waals surface area contributed by atoms with E-state index in [1.807, 2.05) is 11.9 Å².